The number of halogens is 2. The highest BCUT2D eigenvalue weighted by atomic mass is 32.2. The van der Waals surface area contributed by atoms with Crippen LogP contribution in [0.2, 0.25) is 0 Å². The third kappa shape index (κ3) is 4.83. The van der Waals surface area contributed by atoms with E-state index in [0.717, 1.165) is 6.42 Å². The van der Waals surface area contributed by atoms with E-state index in [0.29, 0.717) is 12.8 Å². The van der Waals surface area contributed by atoms with Gasteiger partial charge in [0.05, 0.1) is 4.90 Å². The Labute approximate surface area is 137 Å². The topological polar surface area (TPSA) is 51.2 Å². The number of hydrogen-bond acceptors (Lipinski definition) is 3. The average molecular weight is 346 g/mol. The second-order valence-corrected chi connectivity index (χ2v) is 7.77. The van der Waals surface area contributed by atoms with Crippen molar-refractivity contribution in [2.75, 3.05) is 0 Å². The zero-order valence-electron chi connectivity index (χ0n) is 13.6. The van der Waals surface area contributed by atoms with Crippen molar-refractivity contribution in [3.8, 4) is 0 Å². The van der Waals surface area contributed by atoms with Crippen molar-refractivity contribution in [2.24, 2.45) is 0 Å². The molecule has 0 N–H and O–H groups in total. The average Bonchev–Trinajstić information content (AvgIpc) is 2.53. The van der Waals surface area contributed by atoms with Crippen LogP contribution in [-0.2, 0) is 14.6 Å². The van der Waals surface area contributed by atoms with Crippen LogP contribution in [-0.4, -0.2) is 25.4 Å². The summed E-state index contributed by atoms with van der Waals surface area (Å²) in [7, 11) is -4.27. The molecule has 130 valence electrons. The Bertz CT molecular complexity index is 598. The van der Waals surface area contributed by atoms with Crippen LogP contribution in [0.5, 0.6) is 0 Å². The lowest BCUT2D eigenvalue weighted by atomic mass is 10.0. The lowest BCUT2D eigenvalue weighted by molar-refractivity contribution is -0.143. The third-order valence-corrected chi connectivity index (χ3v) is 5.99. The number of carbonyl (C=O) groups excluding carboxylic acids is 1. The third-order valence-electron chi connectivity index (χ3n) is 3.78. The molecule has 0 radical (unpaired) electrons. The normalized spacial score (nSPS) is 13.7. The fraction of sp³-hybridized carbons (Fsp3) is 0.588. The Kier molecular flexibility index (Phi) is 7.32. The Morgan fingerprint density at radius 3 is 2.22 bits per heavy atom. The van der Waals surface area contributed by atoms with E-state index >= 15 is 0 Å². The molecule has 0 heterocycles. The van der Waals surface area contributed by atoms with Gasteiger partial charge in [0.15, 0.2) is 9.84 Å². The van der Waals surface area contributed by atoms with Crippen LogP contribution in [0.1, 0.15) is 52.4 Å². The zero-order chi connectivity index (χ0) is 17.5. The number of benzene rings is 1. The monoisotopic (exact) mass is 346 g/mol. The van der Waals surface area contributed by atoms with E-state index < -0.39 is 26.8 Å². The van der Waals surface area contributed by atoms with Gasteiger partial charge in [0.25, 0.3) is 0 Å². The number of Topliss-reactive ketones (excluding diaryl/α,β-unsaturated/α-hetero) is 1. The van der Waals surface area contributed by atoms with Crippen LogP contribution in [0.25, 0.3) is 0 Å². The first-order valence-electron chi connectivity index (χ1n) is 7.98. The Morgan fingerprint density at radius 2 is 1.70 bits per heavy atom. The standard InChI is InChI=1S/C17H24F2O3S/c1-3-5-7-13-15(20)17(18,19)16(10-4-2)23(21,22)14-11-8-6-9-12-14/h6,8-9,11-12,16H,3-5,7,10,13H2,1-2H3. The molecule has 6 heteroatoms. The van der Waals surface area contributed by atoms with Crippen molar-refractivity contribution in [2.45, 2.75) is 68.4 Å². The summed E-state index contributed by atoms with van der Waals surface area (Å²) in [5.41, 5.74) is 0. The van der Waals surface area contributed by atoms with Crippen LogP contribution < -0.4 is 0 Å². The van der Waals surface area contributed by atoms with Gasteiger partial charge in [0.1, 0.15) is 5.25 Å². The molecule has 0 fully saturated rings. The van der Waals surface area contributed by atoms with E-state index in [1.807, 2.05) is 6.92 Å². The summed E-state index contributed by atoms with van der Waals surface area (Å²) in [4.78, 5) is 11.8. The first kappa shape index (κ1) is 19.7. The second-order valence-electron chi connectivity index (χ2n) is 5.64. The first-order chi connectivity index (χ1) is 10.8. The Balaban J connectivity index is 3.11. The van der Waals surface area contributed by atoms with Gasteiger partial charge in [-0.1, -0.05) is 51.3 Å². The minimum Gasteiger partial charge on any atom is -0.293 e. The molecular weight excluding hydrogens is 322 g/mol. The highest BCUT2D eigenvalue weighted by Gasteiger charge is 2.52. The lowest BCUT2D eigenvalue weighted by Gasteiger charge is -2.25. The van der Waals surface area contributed by atoms with Gasteiger partial charge in [0, 0.05) is 6.42 Å². The van der Waals surface area contributed by atoms with E-state index in [-0.39, 0.29) is 24.2 Å². The molecule has 0 spiro atoms. The molecule has 1 unspecified atom stereocenters. The largest absolute Gasteiger partial charge is 0.322 e. The zero-order valence-corrected chi connectivity index (χ0v) is 14.4. The summed E-state index contributed by atoms with van der Waals surface area (Å²) in [6.45, 7) is 3.54. The van der Waals surface area contributed by atoms with Crippen molar-refractivity contribution in [1.29, 1.82) is 0 Å². The first-order valence-corrected chi connectivity index (χ1v) is 9.53. The van der Waals surface area contributed by atoms with Gasteiger partial charge in [-0.3, -0.25) is 4.79 Å². The second kappa shape index (κ2) is 8.52. The molecule has 0 aromatic heterocycles. The molecule has 1 rings (SSSR count). The van der Waals surface area contributed by atoms with E-state index in [1.54, 1.807) is 13.0 Å². The number of ketones is 1. The number of unbranched alkanes of at least 4 members (excludes halogenated alkanes) is 2. The Hall–Kier alpha value is -1.30. The van der Waals surface area contributed by atoms with Crippen molar-refractivity contribution in [1.82, 2.24) is 0 Å². The van der Waals surface area contributed by atoms with E-state index in [9.17, 15) is 22.0 Å². The molecular formula is C17H24F2O3S. The summed E-state index contributed by atoms with van der Waals surface area (Å²) < 4.78 is 54.2. The summed E-state index contributed by atoms with van der Waals surface area (Å²) in [6, 6.07) is 7.15. The van der Waals surface area contributed by atoms with Crippen LogP contribution >= 0.6 is 0 Å². The van der Waals surface area contributed by atoms with Crippen molar-refractivity contribution in [3.63, 3.8) is 0 Å². The van der Waals surface area contributed by atoms with Gasteiger partial charge < -0.3 is 0 Å². The molecule has 3 nitrogen and oxygen atoms in total. The van der Waals surface area contributed by atoms with Crippen molar-refractivity contribution >= 4 is 15.6 Å². The van der Waals surface area contributed by atoms with Gasteiger partial charge in [-0.2, -0.15) is 8.78 Å². The minimum atomic E-state index is -4.27. The smallest absolute Gasteiger partial charge is 0.293 e. The van der Waals surface area contributed by atoms with E-state index in [2.05, 4.69) is 0 Å². The summed E-state index contributed by atoms with van der Waals surface area (Å²) >= 11 is 0. The number of carbonyl (C=O) groups is 1. The van der Waals surface area contributed by atoms with E-state index in [4.69, 9.17) is 0 Å². The fourth-order valence-electron chi connectivity index (χ4n) is 2.45. The van der Waals surface area contributed by atoms with Crippen LogP contribution in [0.15, 0.2) is 35.2 Å². The quantitative estimate of drug-likeness (QED) is 0.590. The van der Waals surface area contributed by atoms with Gasteiger partial charge in [-0.25, -0.2) is 8.42 Å². The summed E-state index contributed by atoms with van der Waals surface area (Å²) in [5, 5.41) is -2.00. The van der Waals surface area contributed by atoms with Gasteiger partial charge in [0.2, 0.25) is 5.78 Å². The maximum absolute atomic E-state index is 14.5. The van der Waals surface area contributed by atoms with Gasteiger partial charge in [-0.15, -0.1) is 0 Å². The number of rotatable bonds is 10. The van der Waals surface area contributed by atoms with Gasteiger partial charge in [-0.05, 0) is 25.0 Å². The predicted octanol–water partition coefficient (Wildman–Crippen LogP) is 4.41. The molecule has 0 bridgehead atoms. The minimum absolute atomic E-state index is 0.167. The highest BCUT2D eigenvalue weighted by molar-refractivity contribution is 7.92. The molecule has 1 atom stereocenters. The highest BCUT2D eigenvalue weighted by Crippen LogP contribution is 2.34. The molecule has 0 amide bonds. The molecule has 1 aromatic carbocycles. The fourth-order valence-corrected chi connectivity index (χ4v) is 4.38. The number of hydrogen-bond donors (Lipinski definition) is 0. The number of alkyl halides is 2. The van der Waals surface area contributed by atoms with Crippen LogP contribution in [0.4, 0.5) is 8.78 Å². The van der Waals surface area contributed by atoms with Gasteiger partial charge >= 0.3 is 5.92 Å². The molecule has 0 aliphatic rings. The molecule has 0 aliphatic carbocycles. The van der Waals surface area contributed by atoms with E-state index in [1.165, 1.54) is 24.3 Å². The molecule has 1 aromatic rings. The summed E-state index contributed by atoms with van der Waals surface area (Å²) in [5.74, 6) is -5.14. The van der Waals surface area contributed by atoms with Crippen molar-refractivity contribution in [3.05, 3.63) is 30.3 Å². The molecule has 0 saturated carbocycles. The maximum Gasteiger partial charge on any atom is 0.322 e. The van der Waals surface area contributed by atoms with Crippen LogP contribution in [0.3, 0.4) is 0 Å². The summed E-state index contributed by atoms with van der Waals surface area (Å²) in [6.07, 6.45) is 1.56. The SMILES string of the molecule is CCCCCC(=O)C(F)(F)C(CCC)S(=O)(=O)c1ccccc1. The van der Waals surface area contributed by atoms with Crippen LogP contribution in [0, 0.1) is 0 Å². The molecule has 23 heavy (non-hydrogen) atoms. The Morgan fingerprint density at radius 1 is 1.09 bits per heavy atom. The van der Waals surface area contributed by atoms with Crippen molar-refractivity contribution < 1.29 is 22.0 Å². The predicted molar refractivity (Wildman–Crippen MR) is 86.4 cm³/mol. The molecule has 0 aliphatic heterocycles. The maximum atomic E-state index is 14.5. The number of sulfone groups is 1. The lowest BCUT2D eigenvalue weighted by Crippen LogP contribution is -2.46. The molecule has 0 saturated heterocycles.